The van der Waals surface area contributed by atoms with E-state index in [-0.39, 0.29) is 0 Å². The topological polar surface area (TPSA) is 169 Å². The lowest BCUT2D eigenvalue weighted by Gasteiger charge is -2.43. The highest BCUT2D eigenvalue weighted by Crippen LogP contribution is 2.59. The van der Waals surface area contributed by atoms with Crippen LogP contribution in [0.5, 0.6) is 0 Å². The molecule has 0 radical (unpaired) electrons. The van der Waals surface area contributed by atoms with Crippen LogP contribution >= 0.6 is 34.8 Å². The molecule has 0 aromatic carbocycles. The lowest BCUT2D eigenvalue weighted by Crippen LogP contribution is -2.73. The summed E-state index contributed by atoms with van der Waals surface area (Å²) in [6.07, 6.45) is -5.61. The highest BCUT2D eigenvalue weighted by atomic mass is 35.6. The van der Waals surface area contributed by atoms with Crippen LogP contribution in [0.4, 0.5) is 0 Å². The average molecular weight is 436 g/mol. The van der Waals surface area contributed by atoms with E-state index in [0.29, 0.717) is 13.8 Å². The Kier molecular flexibility index (Phi) is 6.07. The standard InChI is InChI=1S/C14H17Cl3O9/c1-4(18)8(21)11(24,5(2)19)10(23)12(25,6(3)20)13(26)7(9(13)22)14(15,16)17/h7-8,10,21,23-26H,1-3H3/t7?,8?,10-,11-,12+,13+/m1/s1. The Morgan fingerprint density at radius 3 is 1.69 bits per heavy atom. The fraction of sp³-hybridized carbons (Fsp3) is 0.714. The van der Waals surface area contributed by atoms with E-state index in [1.54, 1.807) is 0 Å². The van der Waals surface area contributed by atoms with Gasteiger partial charge in [-0.1, -0.05) is 34.8 Å². The summed E-state index contributed by atoms with van der Waals surface area (Å²) >= 11 is 16.6. The third kappa shape index (κ3) is 3.00. The number of halogens is 3. The van der Waals surface area contributed by atoms with E-state index >= 15 is 0 Å². The monoisotopic (exact) mass is 434 g/mol. The van der Waals surface area contributed by atoms with Crippen molar-refractivity contribution in [3.63, 3.8) is 0 Å². The summed E-state index contributed by atoms with van der Waals surface area (Å²) in [6, 6.07) is 0. The predicted molar refractivity (Wildman–Crippen MR) is 87.7 cm³/mol. The van der Waals surface area contributed by atoms with Crippen LogP contribution in [0.2, 0.25) is 0 Å². The van der Waals surface area contributed by atoms with Gasteiger partial charge in [-0.2, -0.15) is 0 Å². The van der Waals surface area contributed by atoms with Crippen molar-refractivity contribution in [2.24, 2.45) is 5.92 Å². The van der Waals surface area contributed by atoms with Gasteiger partial charge in [0.15, 0.2) is 46.0 Å². The summed E-state index contributed by atoms with van der Waals surface area (Å²) in [5, 5.41) is 51.9. The number of alkyl halides is 3. The van der Waals surface area contributed by atoms with Gasteiger partial charge in [-0.25, -0.2) is 0 Å². The van der Waals surface area contributed by atoms with E-state index in [1.807, 2.05) is 0 Å². The molecule has 0 aromatic heterocycles. The van der Waals surface area contributed by atoms with Crippen molar-refractivity contribution in [3.05, 3.63) is 0 Å². The second kappa shape index (κ2) is 6.75. The Balaban J connectivity index is 3.64. The van der Waals surface area contributed by atoms with Crippen LogP contribution in [0.3, 0.4) is 0 Å². The maximum absolute atomic E-state index is 12.0. The minimum atomic E-state index is -3.57. The fourth-order valence-electron chi connectivity index (χ4n) is 2.92. The van der Waals surface area contributed by atoms with Gasteiger partial charge in [0.1, 0.15) is 12.0 Å². The van der Waals surface area contributed by atoms with Crippen molar-refractivity contribution >= 4 is 57.9 Å². The SMILES string of the molecule is CC(=O)C(O)[C@](O)(C(C)=O)[C@@H](O)[C@@](O)(C(C)=O)[C@@]1(O)C(=O)C1C(Cl)(Cl)Cl. The minimum Gasteiger partial charge on any atom is -0.386 e. The molecule has 1 rings (SSSR count). The molecule has 2 unspecified atom stereocenters. The van der Waals surface area contributed by atoms with Crippen molar-refractivity contribution in [1.29, 1.82) is 0 Å². The molecule has 0 aromatic rings. The van der Waals surface area contributed by atoms with Crippen LogP contribution in [0.15, 0.2) is 0 Å². The molecule has 0 amide bonds. The third-order valence-corrected chi connectivity index (χ3v) is 5.25. The van der Waals surface area contributed by atoms with Crippen molar-refractivity contribution in [2.45, 2.75) is 53.6 Å². The van der Waals surface area contributed by atoms with Gasteiger partial charge in [-0.3, -0.25) is 19.2 Å². The number of carbonyl (C=O) groups excluding carboxylic acids is 4. The van der Waals surface area contributed by atoms with Gasteiger partial charge < -0.3 is 25.5 Å². The zero-order valence-electron chi connectivity index (χ0n) is 13.7. The molecule has 12 heteroatoms. The van der Waals surface area contributed by atoms with Gasteiger partial charge in [0.25, 0.3) is 0 Å². The largest absolute Gasteiger partial charge is 0.386 e. The molecule has 1 aliphatic rings. The van der Waals surface area contributed by atoms with Crippen LogP contribution in [0.25, 0.3) is 0 Å². The summed E-state index contributed by atoms with van der Waals surface area (Å²) in [6.45, 7) is 2.00. The minimum absolute atomic E-state index is 0.614. The first kappa shape index (κ1) is 23.4. The van der Waals surface area contributed by atoms with E-state index in [0.717, 1.165) is 6.92 Å². The van der Waals surface area contributed by atoms with Crippen LogP contribution < -0.4 is 0 Å². The number of aliphatic hydroxyl groups excluding tert-OH is 2. The third-order valence-electron chi connectivity index (χ3n) is 4.60. The summed E-state index contributed by atoms with van der Waals surface area (Å²) in [4.78, 5) is 47.3. The highest BCUT2D eigenvalue weighted by molar-refractivity contribution is 6.69. The maximum Gasteiger partial charge on any atom is 0.203 e. The molecular formula is C14H17Cl3O9. The molecule has 148 valence electrons. The molecule has 1 saturated carbocycles. The normalized spacial score (nSPS) is 30.0. The summed E-state index contributed by atoms with van der Waals surface area (Å²) in [7, 11) is 0. The molecule has 0 bridgehead atoms. The Hall–Kier alpha value is -0.650. The second-order valence-corrected chi connectivity index (χ2v) is 8.59. The number of hydrogen-bond donors (Lipinski definition) is 5. The molecular weight excluding hydrogens is 419 g/mol. The van der Waals surface area contributed by atoms with Crippen LogP contribution in [0, 0.1) is 5.92 Å². The van der Waals surface area contributed by atoms with Crippen molar-refractivity contribution in [3.8, 4) is 0 Å². The number of Topliss-reactive ketones (excluding diaryl/α,β-unsaturated/α-hetero) is 4. The van der Waals surface area contributed by atoms with E-state index in [1.165, 1.54) is 0 Å². The smallest absolute Gasteiger partial charge is 0.203 e. The van der Waals surface area contributed by atoms with Gasteiger partial charge in [-0.05, 0) is 20.8 Å². The highest BCUT2D eigenvalue weighted by Gasteiger charge is 2.84. The average Bonchev–Trinajstić information content (AvgIpc) is 3.06. The van der Waals surface area contributed by atoms with Crippen LogP contribution in [-0.4, -0.2) is 81.5 Å². The first-order valence-electron chi connectivity index (χ1n) is 7.09. The van der Waals surface area contributed by atoms with E-state index in [4.69, 9.17) is 34.8 Å². The fourth-order valence-corrected chi connectivity index (χ4v) is 3.69. The molecule has 1 fully saturated rings. The van der Waals surface area contributed by atoms with Crippen LogP contribution in [-0.2, 0) is 19.2 Å². The lowest BCUT2D eigenvalue weighted by atomic mass is 9.71. The maximum atomic E-state index is 12.0. The number of ketones is 4. The van der Waals surface area contributed by atoms with Crippen molar-refractivity contribution < 1.29 is 44.7 Å². The van der Waals surface area contributed by atoms with Crippen LogP contribution in [0.1, 0.15) is 20.8 Å². The molecule has 9 nitrogen and oxygen atoms in total. The zero-order chi connectivity index (χ0) is 21.0. The molecule has 6 atom stereocenters. The Morgan fingerprint density at radius 1 is 1.04 bits per heavy atom. The van der Waals surface area contributed by atoms with Gasteiger partial charge in [-0.15, -0.1) is 0 Å². The first-order chi connectivity index (χ1) is 11.4. The van der Waals surface area contributed by atoms with Crippen molar-refractivity contribution in [1.82, 2.24) is 0 Å². The number of rotatable bonds is 7. The summed E-state index contributed by atoms with van der Waals surface area (Å²) in [5.74, 6) is -7.49. The van der Waals surface area contributed by atoms with Gasteiger partial charge in [0.05, 0.1) is 0 Å². The van der Waals surface area contributed by atoms with Crippen molar-refractivity contribution in [2.75, 3.05) is 0 Å². The Labute approximate surface area is 162 Å². The molecule has 0 spiro atoms. The lowest BCUT2D eigenvalue weighted by molar-refractivity contribution is -0.230. The predicted octanol–water partition coefficient (Wildman–Crippen LogP) is -1.76. The quantitative estimate of drug-likeness (QED) is 0.291. The molecule has 0 heterocycles. The Bertz CT molecular complexity index is 675. The first-order valence-corrected chi connectivity index (χ1v) is 8.23. The molecule has 0 saturated heterocycles. The van der Waals surface area contributed by atoms with E-state index in [2.05, 4.69) is 0 Å². The molecule has 1 aliphatic carbocycles. The summed E-state index contributed by atoms with van der Waals surface area (Å²) < 4.78 is -2.51. The van der Waals surface area contributed by atoms with E-state index in [9.17, 15) is 44.7 Å². The number of hydrogen-bond acceptors (Lipinski definition) is 9. The summed E-state index contributed by atoms with van der Waals surface area (Å²) in [5.41, 5.74) is -10.2. The van der Waals surface area contributed by atoms with Gasteiger partial charge >= 0.3 is 0 Å². The van der Waals surface area contributed by atoms with E-state index < -0.39 is 61.9 Å². The zero-order valence-corrected chi connectivity index (χ0v) is 16.0. The van der Waals surface area contributed by atoms with Gasteiger partial charge in [0, 0.05) is 0 Å². The molecule has 0 aliphatic heterocycles. The molecule has 26 heavy (non-hydrogen) atoms. The number of carbonyl (C=O) groups is 4. The number of aliphatic hydroxyl groups is 5. The second-order valence-electron chi connectivity index (χ2n) is 6.23. The molecule has 5 N–H and O–H groups in total. The Morgan fingerprint density at radius 2 is 1.46 bits per heavy atom. The van der Waals surface area contributed by atoms with Gasteiger partial charge in [0.2, 0.25) is 3.79 Å².